The van der Waals surface area contributed by atoms with Gasteiger partial charge >= 0.3 is 0 Å². The number of carbonyl (C=O) groups is 1. The van der Waals surface area contributed by atoms with E-state index < -0.39 is 52.9 Å². The number of amides is 1. The van der Waals surface area contributed by atoms with Crippen LogP contribution in [0.2, 0.25) is 0 Å². The van der Waals surface area contributed by atoms with Crippen molar-refractivity contribution < 1.29 is 26.6 Å². The van der Waals surface area contributed by atoms with Gasteiger partial charge in [-0.05, 0) is 26.0 Å². The monoisotopic (exact) mass is 436 g/mol. The van der Waals surface area contributed by atoms with Crippen molar-refractivity contribution in [3.63, 3.8) is 0 Å². The molecule has 1 aromatic carbocycles. The summed E-state index contributed by atoms with van der Waals surface area (Å²) in [7, 11) is -4.77. The third kappa shape index (κ3) is 4.84. The molecule has 158 valence electrons. The van der Waals surface area contributed by atoms with Crippen LogP contribution in [0.1, 0.15) is 13.8 Å². The molecule has 0 bridgehead atoms. The molecule has 1 aromatic rings. The normalized spacial score (nSPS) is 12.4. The van der Waals surface area contributed by atoms with Gasteiger partial charge in [0.05, 0.1) is 16.4 Å². The van der Waals surface area contributed by atoms with Crippen molar-refractivity contribution in [1.82, 2.24) is 13.5 Å². The SMILES string of the molecule is CCN(CC)C(=O)CN(C)S(=O)(=O)c1ccc(S(=O)(=O)N(C)C)cc1[N+](=O)[O-]. The summed E-state index contributed by atoms with van der Waals surface area (Å²) >= 11 is 0. The van der Waals surface area contributed by atoms with Crippen LogP contribution in [0.15, 0.2) is 28.0 Å². The second-order valence-electron chi connectivity index (χ2n) is 6.00. The Kier molecular flexibility index (Phi) is 7.65. The lowest BCUT2D eigenvalue weighted by molar-refractivity contribution is -0.388. The van der Waals surface area contributed by atoms with Crippen LogP contribution < -0.4 is 0 Å². The molecule has 0 aliphatic carbocycles. The van der Waals surface area contributed by atoms with Crippen molar-refractivity contribution in [2.45, 2.75) is 23.6 Å². The Morgan fingerprint density at radius 3 is 2.00 bits per heavy atom. The molecular weight excluding hydrogens is 412 g/mol. The van der Waals surface area contributed by atoms with E-state index in [1.165, 1.54) is 19.0 Å². The summed E-state index contributed by atoms with van der Waals surface area (Å²) in [5.41, 5.74) is -0.884. The fourth-order valence-corrected chi connectivity index (χ4v) is 4.53. The number of hydrogen-bond acceptors (Lipinski definition) is 7. The first kappa shape index (κ1) is 23.9. The molecule has 1 amide bonds. The fourth-order valence-electron chi connectivity index (χ4n) is 2.35. The molecule has 0 atom stereocenters. The van der Waals surface area contributed by atoms with Gasteiger partial charge in [-0.15, -0.1) is 0 Å². The minimum absolute atomic E-state index is 0.389. The highest BCUT2D eigenvalue weighted by molar-refractivity contribution is 7.89. The predicted molar refractivity (Wildman–Crippen MR) is 102 cm³/mol. The Labute approximate surface area is 164 Å². The van der Waals surface area contributed by atoms with Gasteiger partial charge in [0.1, 0.15) is 0 Å². The van der Waals surface area contributed by atoms with E-state index in [-0.39, 0.29) is 0 Å². The van der Waals surface area contributed by atoms with Gasteiger partial charge in [-0.25, -0.2) is 21.1 Å². The molecule has 0 unspecified atom stereocenters. The number of benzene rings is 1. The van der Waals surface area contributed by atoms with Crippen LogP contribution >= 0.6 is 0 Å². The van der Waals surface area contributed by atoms with Gasteiger partial charge in [0.25, 0.3) is 5.69 Å². The number of nitrogens with zero attached hydrogens (tertiary/aromatic N) is 4. The van der Waals surface area contributed by atoms with E-state index in [2.05, 4.69) is 0 Å². The van der Waals surface area contributed by atoms with Gasteiger partial charge in [0.15, 0.2) is 4.90 Å². The van der Waals surface area contributed by atoms with Gasteiger partial charge < -0.3 is 4.90 Å². The molecule has 0 N–H and O–H groups in total. The fraction of sp³-hybridized carbons (Fsp3) is 0.533. The zero-order chi connectivity index (χ0) is 21.9. The maximum Gasteiger partial charge on any atom is 0.290 e. The van der Waals surface area contributed by atoms with E-state index in [1.807, 2.05) is 0 Å². The zero-order valence-electron chi connectivity index (χ0n) is 16.3. The van der Waals surface area contributed by atoms with E-state index in [0.717, 1.165) is 23.5 Å². The molecule has 0 fully saturated rings. The number of rotatable bonds is 9. The number of nitro benzene ring substituents is 1. The number of nitro groups is 1. The quantitative estimate of drug-likeness (QED) is 0.402. The molecule has 0 spiro atoms. The van der Waals surface area contributed by atoms with Crippen molar-refractivity contribution in [2.24, 2.45) is 0 Å². The summed E-state index contributed by atoms with van der Waals surface area (Å²) in [5, 5.41) is 11.4. The lowest BCUT2D eigenvalue weighted by Crippen LogP contribution is -2.41. The van der Waals surface area contributed by atoms with Gasteiger partial charge in [-0.1, -0.05) is 0 Å². The Morgan fingerprint density at radius 1 is 1.04 bits per heavy atom. The molecule has 0 aromatic heterocycles. The second kappa shape index (κ2) is 8.94. The summed E-state index contributed by atoms with van der Waals surface area (Å²) in [4.78, 5) is 22.9. The molecule has 28 heavy (non-hydrogen) atoms. The van der Waals surface area contributed by atoms with Crippen LogP contribution in [0, 0.1) is 10.1 Å². The standard InChI is InChI=1S/C15H24N4O7S2/c1-6-18(7-2)15(20)11-17(5)28(25,26)14-9-8-12(10-13(14)19(21)22)27(23,24)16(3)4/h8-10H,6-7,11H2,1-5H3. The van der Waals surface area contributed by atoms with Crippen LogP contribution in [-0.2, 0) is 24.8 Å². The van der Waals surface area contributed by atoms with Crippen LogP contribution in [0.25, 0.3) is 0 Å². The van der Waals surface area contributed by atoms with Crippen LogP contribution in [-0.4, -0.2) is 82.0 Å². The molecule has 11 nitrogen and oxygen atoms in total. The summed E-state index contributed by atoms with van der Waals surface area (Å²) in [5.74, 6) is -0.453. The highest BCUT2D eigenvalue weighted by Gasteiger charge is 2.33. The Hall–Kier alpha value is -2.09. The summed E-state index contributed by atoms with van der Waals surface area (Å²) in [6.07, 6.45) is 0. The molecule has 0 saturated heterocycles. The Balaban J connectivity index is 3.41. The van der Waals surface area contributed by atoms with Gasteiger partial charge in [0.2, 0.25) is 26.0 Å². The predicted octanol–water partition coefficient (Wildman–Crippen LogP) is 0.334. The Bertz CT molecular complexity index is 955. The van der Waals surface area contributed by atoms with Gasteiger partial charge in [0, 0.05) is 40.3 Å². The van der Waals surface area contributed by atoms with Crippen molar-refractivity contribution in [3.05, 3.63) is 28.3 Å². The van der Waals surface area contributed by atoms with Gasteiger partial charge in [-0.2, -0.15) is 4.31 Å². The highest BCUT2D eigenvalue weighted by Crippen LogP contribution is 2.29. The third-order valence-corrected chi connectivity index (χ3v) is 7.73. The van der Waals surface area contributed by atoms with Crippen molar-refractivity contribution >= 4 is 31.6 Å². The van der Waals surface area contributed by atoms with Crippen LogP contribution in [0.4, 0.5) is 5.69 Å². The smallest absolute Gasteiger partial charge is 0.290 e. The van der Waals surface area contributed by atoms with Crippen LogP contribution in [0.3, 0.4) is 0 Å². The minimum Gasteiger partial charge on any atom is -0.342 e. The van der Waals surface area contributed by atoms with Crippen molar-refractivity contribution in [2.75, 3.05) is 40.8 Å². The average molecular weight is 437 g/mol. The van der Waals surface area contributed by atoms with Gasteiger partial charge in [-0.3, -0.25) is 14.9 Å². The van der Waals surface area contributed by atoms with Crippen molar-refractivity contribution in [1.29, 1.82) is 0 Å². The lowest BCUT2D eigenvalue weighted by atomic mass is 10.3. The summed E-state index contributed by atoms with van der Waals surface area (Å²) < 4.78 is 51.5. The number of likely N-dealkylation sites (N-methyl/N-ethyl adjacent to an activating group) is 2. The molecule has 13 heteroatoms. The van der Waals surface area contributed by atoms with E-state index in [4.69, 9.17) is 0 Å². The first-order chi connectivity index (χ1) is 12.8. The molecule has 1 rings (SSSR count). The third-order valence-electron chi connectivity index (χ3n) is 4.07. The summed E-state index contributed by atoms with van der Waals surface area (Å²) in [6, 6.07) is 2.54. The summed E-state index contributed by atoms with van der Waals surface area (Å²) in [6.45, 7) is 3.76. The maximum absolute atomic E-state index is 12.8. The molecule has 0 radical (unpaired) electrons. The van der Waals surface area contributed by atoms with Crippen LogP contribution in [0.5, 0.6) is 0 Å². The maximum atomic E-state index is 12.8. The topological polar surface area (TPSA) is 138 Å². The van der Waals surface area contributed by atoms with E-state index >= 15 is 0 Å². The molecular formula is C15H24N4O7S2. The molecule has 0 heterocycles. The molecule has 0 saturated carbocycles. The highest BCUT2D eigenvalue weighted by atomic mass is 32.2. The van der Waals surface area contributed by atoms with E-state index in [0.29, 0.717) is 23.5 Å². The van der Waals surface area contributed by atoms with E-state index in [1.54, 1.807) is 13.8 Å². The number of hydrogen-bond donors (Lipinski definition) is 0. The number of sulfonamides is 2. The van der Waals surface area contributed by atoms with Crippen molar-refractivity contribution in [3.8, 4) is 0 Å². The largest absolute Gasteiger partial charge is 0.342 e. The lowest BCUT2D eigenvalue weighted by Gasteiger charge is -2.23. The first-order valence-electron chi connectivity index (χ1n) is 8.25. The average Bonchev–Trinajstić information content (AvgIpc) is 2.61. The second-order valence-corrected chi connectivity index (χ2v) is 10.2. The minimum atomic E-state index is -4.41. The zero-order valence-corrected chi connectivity index (χ0v) is 17.9. The number of carbonyl (C=O) groups excluding carboxylic acids is 1. The molecule has 0 aliphatic rings. The Morgan fingerprint density at radius 2 is 1.57 bits per heavy atom. The first-order valence-corrected chi connectivity index (χ1v) is 11.1. The van der Waals surface area contributed by atoms with E-state index in [9.17, 15) is 31.7 Å². The molecule has 0 aliphatic heterocycles.